The van der Waals surface area contributed by atoms with E-state index < -0.39 is 6.10 Å². The number of benzene rings is 1. The number of aromatic nitrogens is 1. The lowest BCUT2D eigenvalue weighted by Gasteiger charge is -2.33. The van der Waals surface area contributed by atoms with Crippen molar-refractivity contribution in [3.8, 4) is 5.88 Å². The molecule has 0 fully saturated rings. The predicted octanol–water partition coefficient (Wildman–Crippen LogP) is 4.09. The number of halogens is 1. The van der Waals surface area contributed by atoms with Gasteiger partial charge in [-0.25, -0.2) is 4.98 Å². The molecule has 3 nitrogen and oxygen atoms in total. The Bertz CT molecular complexity index is 628. The third-order valence-corrected chi connectivity index (χ3v) is 3.96. The van der Waals surface area contributed by atoms with Gasteiger partial charge in [-0.1, -0.05) is 44.2 Å². The Morgan fingerprint density at radius 1 is 1.18 bits per heavy atom. The molecule has 1 atom stereocenters. The lowest BCUT2D eigenvalue weighted by molar-refractivity contribution is 0.0977. The van der Waals surface area contributed by atoms with Crippen molar-refractivity contribution in [2.75, 3.05) is 0 Å². The monoisotopic (exact) mass is 319 g/mol. The highest BCUT2D eigenvalue weighted by Crippen LogP contribution is 2.40. The normalized spacial score (nSPS) is 19.0. The molecule has 1 aliphatic rings. The average Bonchev–Trinajstić information content (AvgIpc) is 2.44. The van der Waals surface area contributed by atoms with Gasteiger partial charge >= 0.3 is 0 Å². The minimum atomic E-state index is -0.417. The standard InChI is InChI=1S/C18H21NO2.ClH/c1-18(2)10-15-14(16(20)11-18)8-9-17(19-15)21-12-13-6-4-3-5-7-13;/h3-9,16,20H,10-12H2,1-2H3;1H. The molecule has 0 radical (unpaired) electrons. The first-order valence-corrected chi connectivity index (χ1v) is 7.38. The van der Waals surface area contributed by atoms with Gasteiger partial charge in [0.25, 0.3) is 0 Å². The number of hydrogen-bond acceptors (Lipinski definition) is 3. The lowest BCUT2D eigenvalue weighted by atomic mass is 9.75. The predicted molar refractivity (Wildman–Crippen MR) is 89.3 cm³/mol. The van der Waals surface area contributed by atoms with Crippen molar-refractivity contribution in [1.29, 1.82) is 0 Å². The van der Waals surface area contributed by atoms with Crippen LogP contribution in [0.4, 0.5) is 0 Å². The zero-order chi connectivity index (χ0) is 14.9. The fraction of sp³-hybridized carbons (Fsp3) is 0.389. The van der Waals surface area contributed by atoms with Gasteiger partial charge in [-0.3, -0.25) is 0 Å². The van der Waals surface area contributed by atoms with Crippen LogP contribution in [0.3, 0.4) is 0 Å². The molecule has 0 saturated carbocycles. The highest BCUT2D eigenvalue weighted by Gasteiger charge is 2.32. The molecule has 1 aliphatic carbocycles. The summed E-state index contributed by atoms with van der Waals surface area (Å²) >= 11 is 0. The molecule has 2 aromatic rings. The number of ether oxygens (including phenoxy) is 1. The summed E-state index contributed by atoms with van der Waals surface area (Å²) in [5, 5.41) is 10.2. The van der Waals surface area contributed by atoms with Crippen LogP contribution in [-0.2, 0) is 13.0 Å². The Morgan fingerprint density at radius 2 is 1.91 bits per heavy atom. The Morgan fingerprint density at radius 3 is 2.64 bits per heavy atom. The third-order valence-electron chi connectivity index (χ3n) is 3.96. The van der Waals surface area contributed by atoms with Crippen LogP contribution in [0.15, 0.2) is 42.5 Å². The number of fused-ring (bicyclic) bond motifs is 1. The molecule has 22 heavy (non-hydrogen) atoms. The average molecular weight is 320 g/mol. The number of nitrogens with zero attached hydrogens (tertiary/aromatic N) is 1. The first-order chi connectivity index (χ1) is 10.0. The van der Waals surface area contributed by atoms with Gasteiger partial charge in [0.05, 0.1) is 11.8 Å². The number of aliphatic hydroxyl groups excluding tert-OH is 1. The van der Waals surface area contributed by atoms with Crippen molar-refractivity contribution < 1.29 is 9.84 Å². The molecule has 0 spiro atoms. The van der Waals surface area contributed by atoms with E-state index in [1.165, 1.54) is 0 Å². The van der Waals surface area contributed by atoms with Gasteiger partial charge in [-0.2, -0.15) is 0 Å². The van der Waals surface area contributed by atoms with Gasteiger partial charge in [0.15, 0.2) is 0 Å². The van der Waals surface area contributed by atoms with Crippen LogP contribution >= 0.6 is 12.4 Å². The molecule has 4 heteroatoms. The molecule has 1 N–H and O–H groups in total. The van der Waals surface area contributed by atoms with Crippen LogP contribution in [0.2, 0.25) is 0 Å². The van der Waals surface area contributed by atoms with E-state index in [1.807, 2.05) is 42.5 Å². The Hall–Kier alpha value is -1.58. The van der Waals surface area contributed by atoms with Gasteiger partial charge in [0, 0.05) is 11.6 Å². The van der Waals surface area contributed by atoms with Crippen molar-refractivity contribution in [2.45, 2.75) is 39.4 Å². The number of pyridine rings is 1. The van der Waals surface area contributed by atoms with Gasteiger partial charge in [0.2, 0.25) is 5.88 Å². The van der Waals surface area contributed by atoms with Gasteiger partial charge in [-0.15, -0.1) is 12.4 Å². The molecule has 0 bridgehead atoms. The van der Waals surface area contributed by atoms with E-state index in [2.05, 4.69) is 18.8 Å². The Kier molecular flexibility index (Phi) is 5.09. The van der Waals surface area contributed by atoms with Crippen molar-refractivity contribution in [2.24, 2.45) is 5.41 Å². The first-order valence-electron chi connectivity index (χ1n) is 7.38. The van der Waals surface area contributed by atoms with Crippen molar-refractivity contribution >= 4 is 12.4 Å². The van der Waals surface area contributed by atoms with Crippen molar-refractivity contribution in [1.82, 2.24) is 4.98 Å². The topological polar surface area (TPSA) is 42.4 Å². The zero-order valence-corrected chi connectivity index (χ0v) is 13.8. The highest BCUT2D eigenvalue weighted by molar-refractivity contribution is 5.85. The van der Waals surface area contributed by atoms with E-state index in [4.69, 9.17) is 4.74 Å². The second kappa shape index (κ2) is 6.67. The maximum absolute atomic E-state index is 10.2. The zero-order valence-electron chi connectivity index (χ0n) is 13.0. The molecule has 1 unspecified atom stereocenters. The second-order valence-corrected chi connectivity index (χ2v) is 6.52. The molecular weight excluding hydrogens is 298 g/mol. The number of aliphatic hydroxyl groups is 1. The SMILES string of the molecule is CC1(C)Cc2nc(OCc3ccccc3)ccc2C(O)C1.Cl. The third kappa shape index (κ3) is 3.79. The van der Waals surface area contributed by atoms with Gasteiger partial charge in [-0.05, 0) is 29.9 Å². The smallest absolute Gasteiger partial charge is 0.213 e. The number of rotatable bonds is 3. The maximum atomic E-state index is 10.2. The molecule has 0 amide bonds. The van der Waals surface area contributed by atoms with Gasteiger partial charge < -0.3 is 9.84 Å². The minimum Gasteiger partial charge on any atom is -0.473 e. The minimum absolute atomic E-state index is 0. The van der Waals surface area contributed by atoms with E-state index in [0.717, 1.165) is 29.7 Å². The van der Waals surface area contributed by atoms with Crippen LogP contribution in [0, 0.1) is 5.41 Å². The molecule has 0 saturated heterocycles. The largest absolute Gasteiger partial charge is 0.473 e. The summed E-state index contributed by atoms with van der Waals surface area (Å²) in [5.41, 5.74) is 3.11. The van der Waals surface area contributed by atoms with E-state index in [-0.39, 0.29) is 17.8 Å². The summed E-state index contributed by atoms with van der Waals surface area (Å²) in [6.45, 7) is 4.84. The summed E-state index contributed by atoms with van der Waals surface area (Å²) in [6, 6.07) is 13.8. The highest BCUT2D eigenvalue weighted by atomic mass is 35.5. The molecular formula is C18H22ClNO2. The molecule has 1 heterocycles. The van der Waals surface area contributed by atoms with E-state index in [0.29, 0.717) is 12.5 Å². The number of hydrogen-bond donors (Lipinski definition) is 1. The quantitative estimate of drug-likeness (QED) is 0.926. The van der Waals surface area contributed by atoms with Crippen LogP contribution in [-0.4, -0.2) is 10.1 Å². The molecule has 0 aliphatic heterocycles. The van der Waals surface area contributed by atoms with Crippen molar-refractivity contribution in [3.05, 3.63) is 59.3 Å². The molecule has 3 rings (SSSR count). The fourth-order valence-electron chi connectivity index (χ4n) is 2.91. The second-order valence-electron chi connectivity index (χ2n) is 6.52. The van der Waals surface area contributed by atoms with Crippen molar-refractivity contribution in [3.63, 3.8) is 0 Å². The summed E-state index contributed by atoms with van der Waals surface area (Å²) in [6.07, 6.45) is 1.24. The Labute approximate surface area is 137 Å². The first kappa shape index (κ1) is 16.8. The van der Waals surface area contributed by atoms with Crippen LogP contribution in [0.5, 0.6) is 5.88 Å². The summed E-state index contributed by atoms with van der Waals surface area (Å²) in [5.74, 6) is 0.627. The lowest BCUT2D eigenvalue weighted by Crippen LogP contribution is -2.26. The summed E-state index contributed by atoms with van der Waals surface area (Å²) in [7, 11) is 0. The van der Waals surface area contributed by atoms with Crippen LogP contribution in [0.25, 0.3) is 0 Å². The fourth-order valence-corrected chi connectivity index (χ4v) is 2.91. The van der Waals surface area contributed by atoms with Crippen LogP contribution < -0.4 is 4.74 Å². The van der Waals surface area contributed by atoms with E-state index in [9.17, 15) is 5.11 Å². The molecule has 1 aromatic heterocycles. The maximum Gasteiger partial charge on any atom is 0.213 e. The molecule has 118 valence electrons. The Balaban J connectivity index is 0.00000176. The van der Waals surface area contributed by atoms with Crippen LogP contribution in [0.1, 0.15) is 43.2 Å². The summed E-state index contributed by atoms with van der Waals surface area (Å²) in [4.78, 5) is 4.59. The van der Waals surface area contributed by atoms with E-state index in [1.54, 1.807) is 0 Å². The molecule has 1 aromatic carbocycles. The summed E-state index contributed by atoms with van der Waals surface area (Å²) < 4.78 is 5.77. The van der Waals surface area contributed by atoms with Gasteiger partial charge in [0.1, 0.15) is 6.61 Å². The van der Waals surface area contributed by atoms with E-state index >= 15 is 0 Å².